The van der Waals surface area contributed by atoms with E-state index in [1.807, 2.05) is 0 Å². The van der Waals surface area contributed by atoms with Gasteiger partial charge in [0.1, 0.15) is 0 Å². The lowest BCUT2D eigenvalue weighted by Crippen LogP contribution is -2.44. The summed E-state index contributed by atoms with van der Waals surface area (Å²) in [6.45, 7) is 3.30. The number of benzene rings is 1. The molecule has 1 amide bonds. The summed E-state index contributed by atoms with van der Waals surface area (Å²) in [6.07, 6.45) is 3.63. The maximum atomic E-state index is 13.0. The van der Waals surface area contributed by atoms with Crippen LogP contribution in [0.5, 0.6) is 0 Å². The van der Waals surface area contributed by atoms with Gasteiger partial charge in [-0.3, -0.25) is 19.7 Å². The number of sulfonamides is 1. The number of amides is 1. The van der Waals surface area contributed by atoms with Crippen LogP contribution < -0.4 is 5.32 Å². The van der Waals surface area contributed by atoms with E-state index in [9.17, 15) is 28.1 Å². The minimum atomic E-state index is -3.94. The Morgan fingerprint density at radius 2 is 1.81 bits per heavy atom. The number of aryl methyl sites for hydroxylation is 1. The van der Waals surface area contributed by atoms with Crippen LogP contribution >= 0.6 is 0 Å². The van der Waals surface area contributed by atoms with E-state index >= 15 is 0 Å². The molecule has 1 aromatic carbocycles. The SMILES string of the molecule is Cc1ccc([N+](=O)[O-])cc1S(=O)(=O)N1CCC(C(=O)O[C@@H](C)C(=O)NC2CCCC2)CC1. The van der Waals surface area contributed by atoms with E-state index in [-0.39, 0.29) is 48.5 Å². The van der Waals surface area contributed by atoms with Crippen LogP contribution in [0.2, 0.25) is 0 Å². The standard InChI is InChI=1S/C21H29N3O7S/c1-14-7-8-18(24(27)28)13-19(14)32(29,30)23-11-9-16(10-12-23)21(26)31-15(2)20(25)22-17-5-3-4-6-17/h7-8,13,15-17H,3-6,9-12H2,1-2H3,(H,22,25)/t15-/m0/s1. The van der Waals surface area contributed by atoms with Gasteiger partial charge in [0, 0.05) is 31.3 Å². The Kier molecular flexibility index (Phi) is 7.50. The summed E-state index contributed by atoms with van der Waals surface area (Å²) in [5.74, 6) is -1.33. The molecule has 176 valence electrons. The molecule has 0 radical (unpaired) electrons. The molecule has 1 saturated heterocycles. The van der Waals surface area contributed by atoms with Gasteiger partial charge in [-0.1, -0.05) is 18.9 Å². The second kappa shape index (κ2) is 9.95. The zero-order valence-corrected chi connectivity index (χ0v) is 19.1. The van der Waals surface area contributed by atoms with E-state index in [1.54, 1.807) is 6.92 Å². The Morgan fingerprint density at radius 3 is 2.41 bits per heavy atom. The lowest BCUT2D eigenvalue weighted by atomic mass is 9.98. The minimum Gasteiger partial charge on any atom is -0.452 e. The highest BCUT2D eigenvalue weighted by Crippen LogP contribution is 2.29. The van der Waals surface area contributed by atoms with Crippen molar-refractivity contribution in [2.75, 3.05) is 13.1 Å². The van der Waals surface area contributed by atoms with Crippen LogP contribution in [0.3, 0.4) is 0 Å². The molecule has 2 fully saturated rings. The van der Waals surface area contributed by atoms with E-state index in [0.29, 0.717) is 5.56 Å². The summed E-state index contributed by atoms with van der Waals surface area (Å²) < 4.78 is 32.6. The van der Waals surface area contributed by atoms with Crippen LogP contribution in [0, 0.1) is 23.0 Å². The van der Waals surface area contributed by atoms with Gasteiger partial charge in [-0.25, -0.2) is 8.42 Å². The van der Waals surface area contributed by atoms with Crippen molar-refractivity contribution in [3.8, 4) is 0 Å². The number of non-ortho nitro benzene ring substituents is 1. The van der Waals surface area contributed by atoms with Gasteiger partial charge in [0.25, 0.3) is 11.6 Å². The van der Waals surface area contributed by atoms with Crippen molar-refractivity contribution < 1.29 is 27.7 Å². The van der Waals surface area contributed by atoms with Crippen LogP contribution in [0.4, 0.5) is 5.69 Å². The third kappa shape index (κ3) is 5.44. The fourth-order valence-corrected chi connectivity index (χ4v) is 5.88. The van der Waals surface area contributed by atoms with Crippen molar-refractivity contribution in [2.45, 2.75) is 69.4 Å². The van der Waals surface area contributed by atoms with Crippen molar-refractivity contribution in [2.24, 2.45) is 5.92 Å². The quantitative estimate of drug-likeness (QED) is 0.369. The Labute approximate surface area is 187 Å². The predicted octanol–water partition coefficient (Wildman–Crippen LogP) is 2.29. The molecule has 10 nitrogen and oxygen atoms in total. The van der Waals surface area contributed by atoms with Gasteiger partial charge in [0.05, 0.1) is 15.7 Å². The molecular formula is C21H29N3O7S. The molecule has 1 aromatic rings. The molecule has 2 aliphatic rings. The number of nitrogens with zero attached hydrogens (tertiary/aromatic N) is 2. The zero-order chi connectivity index (χ0) is 23.5. The second-order valence-corrected chi connectivity index (χ2v) is 10.4. The summed E-state index contributed by atoms with van der Waals surface area (Å²) >= 11 is 0. The van der Waals surface area contributed by atoms with Gasteiger partial charge in [-0.2, -0.15) is 4.31 Å². The van der Waals surface area contributed by atoms with Gasteiger partial charge in [0.15, 0.2) is 6.10 Å². The average molecular weight is 468 g/mol. The monoisotopic (exact) mass is 467 g/mol. The summed E-state index contributed by atoms with van der Waals surface area (Å²) in [6, 6.07) is 3.87. The Morgan fingerprint density at radius 1 is 1.19 bits per heavy atom. The molecule has 1 heterocycles. The molecule has 11 heteroatoms. The van der Waals surface area contributed by atoms with E-state index in [4.69, 9.17) is 4.74 Å². The van der Waals surface area contributed by atoms with Gasteiger partial charge < -0.3 is 10.1 Å². The molecule has 1 aliphatic carbocycles. The molecule has 32 heavy (non-hydrogen) atoms. The lowest BCUT2D eigenvalue weighted by molar-refractivity contribution is -0.385. The fraction of sp³-hybridized carbons (Fsp3) is 0.619. The molecule has 0 unspecified atom stereocenters. The number of carbonyl (C=O) groups excluding carboxylic acids is 2. The smallest absolute Gasteiger partial charge is 0.309 e. The molecule has 1 aliphatic heterocycles. The van der Waals surface area contributed by atoms with Gasteiger partial charge in [0.2, 0.25) is 10.0 Å². The van der Waals surface area contributed by atoms with E-state index in [1.165, 1.54) is 23.4 Å². The molecule has 3 rings (SSSR count). The highest BCUT2D eigenvalue weighted by atomic mass is 32.2. The van der Waals surface area contributed by atoms with Crippen LogP contribution in [-0.4, -0.2) is 54.8 Å². The average Bonchev–Trinajstić information content (AvgIpc) is 3.26. The summed E-state index contributed by atoms with van der Waals surface area (Å²) in [4.78, 5) is 35.0. The molecule has 1 N–H and O–H groups in total. The number of hydrogen-bond donors (Lipinski definition) is 1. The molecule has 0 aromatic heterocycles. The van der Waals surface area contributed by atoms with Gasteiger partial charge in [-0.15, -0.1) is 0 Å². The van der Waals surface area contributed by atoms with Gasteiger partial charge >= 0.3 is 5.97 Å². The maximum absolute atomic E-state index is 13.0. The lowest BCUT2D eigenvalue weighted by Gasteiger charge is -2.31. The number of nitro groups is 1. The minimum absolute atomic E-state index is 0.0902. The third-order valence-electron chi connectivity index (χ3n) is 6.15. The normalized spacial score (nSPS) is 19.4. The number of carbonyl (C=O) groups is 2. The Balaban J connectivity index is 1.57. The molecule has 1 saturated carbocycles. The molecule has 0 spiro atoms. The zero-order valence-electron chi connectivity index (χ0n) is 18.3. The van der Waals surface area contributed by atoms with Crippen molar-refractivity contribution in [1.29, 1.82) is 0 Å². The second-order valence-electron chi connectivity index (χ2n) is 8.45. The van der Waals surface area contributed by atoms with Crippen LogP contribution in [0.1, 0.15) is 51.0 Å². The molecule has 1 atom stereocenters. The van der Waals surface area contributed by atoms with E-state index < -0.39 is 32.9 Å². The maximum Gasteiger partial charge on any atom is 0.309 e. The number of hydrogen-bond acceptors (Lipinski definition) is 7. The number of piperidine rings is 1. The Hall–Kier alpha value is -2.53. The van der Waals surface area contributed by atoms with Crippen molar-refractivity contribution in [3.05, 3.63) is 33.9 Å². The van der Waals surface area contributed by atoms with Gasteiger partial charge in [-0.05, 0) is 45.1 Å². The summed E-state index contributed by atoms with van der Waals surface area (Å²) in [7, 11) is -3.94. The highest BCUT2D eigenvalue weighted by molar-refractivity contribution is 7.89. The van der Waals surface area contributed by atoms with Crippen molar-refractivity contribution in [3.63, 3.8) is 0 Å². The number of nitrogens with one attached hydrogen (secondary N) is 1. The van der Waals surface area contributed by atoms with Crippen LogP contribution in [0.15, 0.2) is 23.1 Å². The van der Waals surface area contributed by atoms with Crippen molar-refractivity contribution >= 4 is 27.6 Å². The number of nitro benzene ring substituents is 1. The topological polar surface area (TPSA) is 136 Å². The van der Waals surface area contributed by atoms with E-state index in [2.05, 4.69) is 5.32 Å². The van der Waals surface area contributed by atoms with Crippen molar-refractivity contribution in [1.82, 2.24) is 9.62 Å². The van der Waals surface area contributed by atoms with Crippen LogP contribution in [-0.2, 0) is 24.3 Å². The van der Waals surface area contributed by atoms with Crippen LogP contribution in [0.25, 0.3) is 0 Å². The first-order chi connectivity index (χ1) is 15.1. The summed E-state index contributed by atoms with van der Waals surface area (Å²) in [5, 5.41) is 13.9. The predicted molar refractivity (Wildman–Crippen MR) is 115 cm³/mol. The molecular weight excluding hydrogens is 438 g/mol. The number of rotatable bonds is 7. The Bertz CT molecular complexity index is 981. The molecule has 0 bridgehead atoms. The number of esters is 1. The largest absolute Gasteiger partial charge is 0.452 e. The summed E-state index contributed by atoms with van der Waals surface area (Å²) in [5.41, 5.74) is 0.122. The fourth-order valence-electron chi connectivity index (χ4n) is 4.16. The first kappa shape index (κ1) is 24.1. The number of ether oxygens (including phenoxy) is 1. The highest BCUT2D eigenvalue weighted by Gasteiger charge is 2.35. The first-order valence-corrected chi connectivity index (χ1v) is 12.3. The van der Waals surface area contributed by atoms with E-state index in [0.717, 1.165) is 31.7 Å². The third-order valence-corrected chi connectivity index (χ3v) is 8.19. The first-order valence-electron chi connectivity index (χ1n) is 10.9.